The quantitative estimate of drug-likeness (QED) is 0.737. The fourth-order valence-electron chi connectivity index (χ4n) is 3.09. The van der Waals surface area contributed by atoms with Crippen molar-refractivity contribution in [3.8, 4) is 5.75 Å². The third-order valence-corrected chi connectivity index (χ3v) is 4.26. The van der Waals surface area contributed by atoms with Crippen LogP contribution in [0.25, 0.3) is 0 Å². The molecular weight excluding hydrogens is 342 g/mol. The second-order valence-corrected chi connectivity index (χ2v) is 8.25. The van der Waals surface area contributed by atoms with E-state index in [0.29, 0.717) is 6.54 Å². The summed E-state index contributed by atoms with van der Waals surface area (Å²) >= 11 is 0. The van der Waals surface area contributed by atoms with Gasteiger partial charge in [0, 0.05) is 32.7 Å². The molecule has 27 heavy (non-hydrogen) atoms. The van der Waals surface area contributed by atoms with Crippen LogP contribution in [0.15, 0.2) is 24.3 Å². The minimum absolute atomic E-state index is 0.171. The largest absolute Gasteiger partial charge is 0.489 e. The molecule has 1 aromatic rings. The summed E-state index contributed by atoms with van der Waals surface area (Å²) in [6.45, 7) is 15.3. The van der Waals surface area contributed by atoms with Gasteiger partial charge in [0.1, 0.15) is 11.4 Å². The molecule has 6 heteroatoms. The topological polar surface area (TPSA) is 54.0 Å². The van der Waals surface area contributed by atoms with Crippen LogP contribution >= 0.6 is 0 Å². The van der Waals surface area contributed by atoms with E-state index in [9.17, 15) is 4.79 Å². The molecule has 1 aliphatic heterocycles. The van der Waals surface area contributed by atoms with Gasteiger partial charge in [-0.3, -0.25) is 4.90 Å². The predicted molar refractivity (Wildman–Crippen MR) is 110 cm³/mol. The Labute approximate surface area is 163 Å². The van der Waals surface area contributed by atoms with Crippen LogP contribution in [0.4, 0.5) is 10.5 Å². The molecule has 0 radical (unpaired) electrons. The molecule has 0 unspecified atom stereocenters. The van der Waals surface area contributed by atoms with Crippen molar-refractivity contribution in [2.24, 2.45) is 0 Å². The first-order chi connectivity index (χ1) is 12.7. The fourth-order valence-corrected chi connectivity index (χ4v) is 3.09. The van der Waals surface area contributed by atoms with Crippen LogP contribution in [-0.2, 0) is 4.74 Å². The molecule has 0 saturated carbocycles. The maximum Gasteiger partial charge on any atom is 0.407 e. The van der Waals surface area contributed by atoms with E-state index in [4.69, 9.17) is 9.47 Å². The van der Waals surface area contributed by atoms with Crippen LogP contribution in [0.2, 0.25) is 0 Å². The van der Waals surface area contributed by atoms with E-state index >= 15 is 0 Å². The van der Waals surface area contributed by atoms with Gasteiger partial charge >= 0.3 is 6.09 Å². The molecule has 1 aliphatic rings. The van der Waals surface area contributed by atoms with Gasteiger partial charge in [-0.05, 0) is 59.7 Å². The average Bonchev–Trinajstić information content (AvgIpc) is 2.58. The van der Waals surface area contributed by atoms with Gasteiger partial charge in [0.05, 0.1) is 11.8 Å². The monoisotopic (exact) mass is 377 g/mol. The molecule has 1 N–H and O–H groups in total. The Morgan fingerprint density at radius 3 is 2.44 bits per heavy atom. The number of hydrogen-bond acceptors (Lipinski definition) is 5. The zero-order chi connectivity index (χ0) is 19.9. The highest BCUT2D eigenvalue weighted by atomic mass is 16.6. The summed E-state index contributed by atoms with van der Waals surface area (Å²) in [5, 5.41) is 2.82. The number of hydrogen-bond donors (Lipinski definition) is 1. The highest BCUT2D eigenvalue weighted by Gasteiger charge is 2.20. The highest BCUT2D eigenvalue weighted by Crippen LogP contribution is 2.29. The van der Waals surface area contributed by atoms with Crippen LogP contribution in [0.1, 0.15) is 41.0 Å². The average molecular weight is 378 g/mol. The molecule has 1 heterocycles. The summed E-state index contributed by atoms with van der Waals surface area (Å²) in [6, 6.07) is 8.27. The van der Waals surface area contributed by atoms with Crippen LogP contribution < -0.4 is 15.0 Å². The van der Waals surface area contributed by atoms with Gasteiger partial charge in [-0.1, -0.05) is 12.1 Å². The second-order valence-electron chi connectivity index (χ2n) is 8.25. The molecule has 0 atom stereocenters. The van der Waals surface area contributed by atoms with Crippen LogP contribution in [0.3, 0.4) is 0 Å². The number of para-hydroxylation sites is 2. The Morgan fingerprint density at radius 2 is 1.81 bits per heavy atom. The molecule has 2 rings (SSSR count). The summed E-state index contributed by atoms with van der Waals surface area (Å²) in [5.41, 5.74) is 0.730. The van der Waals surface area contributed by atoms with Crippen molar-refractivity contribution in [1.29, 1.82) is 0 Å². The van der Waals surface area contributed by atoms with E-state index in [1.807, 2.05) is 32.9 Å². The molecule has 0 spiro atoms. The van der Waals surface area contributed by atoms with E-state index in [1.165, 1.54) is 5.69 Å². The number of carbonyl (C=O) groups is 1. The predicted octanol–water partition coefficient (Wildman–Crippen LogP) is 3.51. The Balaban J connectivity index is 1.71. The minimum Gasteiger partial charge on any atom is -0.489 e. The lowest BCUT2D eigenvalue weighted by Crippen LogP contribution is -2.47. The standard InChI is InChI=1S/C21H35N3O3/c1-17(2)26-19-10-7-6-9-18(19)24-15-13-23(14-16-24)12-8-11-22-20(25)27-21(3,4)5/h6-7,9-10,17H,8,11-16H2,1-5H3,(H,22,25). The van der Waals surface area contributed by atoms with Crippen LogP contribution in [0.5, 0.6) is 5.75 Å². The second kappa shape index (κ2) is 9.83. The SMILES string of the molecule is CC(C)Oc1ccccc1N1CCN(CCCNC(=O)OC(C)(C)C)CC1. The van der Waals surface area contributed by atoms with E-state index in [-0.39, 0.29) is 12.2 Å². The molecule has 1 saturated heterocycles. The minimum atomic E-state index is -0.448. The van der Waals surface area contributed by atoms with Crippen LogP contribution in [-0.4, -0.2) is 62.0 Å². The molecule has 1 fully saturated rings. The Bertz CT molecular complexity index is 591. The van der Waals surface area contributed by atoms with E-state index < -0.39 is 5.60 Å². The number of piperazine rings is 1. The Hall–Kier alpha value is -1.95. The number of amides is 1. The van der Waals surface area contributed by atoms with E-state index in [2.05, 4.69) is 41.1 Å². The number of nitrogens with zero attached hydrogens (tertiary/aromatic N) is 2. The van der Waals surface area contributed by atoms with Crippen molar-refractivity contribution in [1.82, 2.24) is 10.2 Å². The van der Waals surface area contributed by atoms with Gasteiger partial charge in [-0.2, -0.15) is 0 Å². The van der Waals surface area contributed by atoms with Gasteiger partial charge in [-0.15, -0.1) is 0 Å². The third kappa shape index (κ3) is 7.67. The molecule has 0 aliphatic carbocycles. The van der Waals surface area contributed by atoms with Gasteiger partial charge in [0.2, 0.25) is 0 Å². The molecule has 0 aromatic heterocycles. The zero-order valence-electron chi connectivity index (χ0n) is 17.5. The molecule has 1 aromatic carbocycles. The van der Waals surface area contributed by atoms with Crippen molar-refractivity contribution < 1.29 is 14.3 Å². The number of carbonyl (C=O) groups excluding carboxylic acids is 1. The summed E-state index contributed by atoms with van der Waals surface area (Å²) in [7, 11) is 0. The Morgan fingerprint density at radius 1 is 1.15 bits per heavy atom. The van der Waals surface area contributed by atoms with Crippen molar-refractivity contribution in [2.75, 3.05) is 44.2 Å². The van der Waals surface area contributed by atoms with Gasteiger partial charge < -0.3 is 19.7 Å². The zero-order valence-corrected chi connectivity index (χ0v) is 17.5. The maximum absolute atomic E-state index is 11.7. The highest BCUT2D eigenvalue weighted by molar-refractivity contribution is 5.67. The lowest BCUT2D eigenvalue weighted by molar-refractivity contribution is 0.0525. The molecular formula is C21H35N3O3. The number of nitrogens with one attached hydrogen (secondary N) is 1. The van der Waals surface area contributed by atoms with E-state index in [0.717, 1.165) is 44.9 Å². The molecule has 1 amide bonds. The first-order valence-electron chi connectivity index (χ1n) is 9.94. The van der Waals surface area contributed by atoms with Crippen molar-refractivity contribution >= 4 is 11.8 Å². The van der Waals surface area contributed by atoms with E-state index in [1.54, 1.807) is 0 Å². The summed E-state index contributed by atoms with van der Waals surface area (Å²) < 4.78 is 11.2. The molecule has 6 nitrogen and oxygen atoms in total. The maximum atomic E-state index is 11.7. The molecule has 152 valence electrons. The number of rotatable bonds is 7. The van der Waals surface area contributed by atoms with Gasteiger partial charge in [0.25, 0.3) is 0 Å². The third-order valence-electron chi connectivity index (χ3n) is 4.26. The molecule has 0 bridgehead atoms. The summed E-state index contributed by atoms with van der Waals surface area (Å²) in [6.07, 6.45) is 0.755. The lowest BCUT2D eigenvalue weighted by Gasteiger charge is -2.37. The summed E-state index contributed by atoms with van der Waals surface area (Å²) in [5.74, 6) is 0.961. The van der Waals surface area contributed by atoms with Crippen LogP contribution in [0, 0.1) is 0 Å². The summed E-state index contributed by atoms with van der Waals surface area (Å²) in [4.78, 5) is 16.5. The number of alkyl carbamates (subject to hydrolysis) is 1. The van der Waals surface area contributed by atoms with Gasteiger partial charge in [-0.25, -0.2) is 4.79 Å². The number of ether oxygens (including phenoxy) is 2. The number of anilines is 1. The van der Waals surface area contributed by atoms with Gasteiger partial charge in [0.15, 0.2) is 0 Å². The van der Waals surface area contributed by atoms with Crippen molar-refractivity contribution in [3.05, 3.63) is 24.3 Å². The Kier molecular flexibility index (Phi) is 7.78. The first-order valence-corrected chi connectivity index (χ1v) is 9.94. The normalized spacial score (nSPS) is 15.7. The first kappa shape index (κ1) is 21.4. The smallest absolute Gasteiger partial charge is 0.407 e. The fraction of sp³-hybridized carbons (Fsp3) is 0.667. The lowest BCUT2D eigenvalue weighted by atomic mass is 10.2. The van der Waals surface area contributed by atoms with Crippen molar-refractivity contribution in [2.45, 2.75) is 52.7 Å². The number of benzene rings is 1. The van der Waals surface area contributed by atoms with Crippen molar-refractivity contribution in [3.63, 3.8) is 0 Å².